The van der Waals surface area contributed by atoms with Gasteiger partial charge in [0, 0.05) is 31.2 Å². The van der Waals surface area contributed by atoms with Crippen LogP contribution in [0.4, 0.5) is 4.39 Å². The lowest BCUT2D eigenvalue weighted by molar-refractivity contribution is 0.0704. The third-order valence-corrected chi connectivity index (χ3v) is 4.62. The van der Waals surface area contributed by atoms with Crippen molar-refractivity contribution in [3.05, 3.63) is 53.6 Å². The molecule has 3 heterocycles. The van der Waals surface area contributed by atoms with Gasteiger partial charge < -0.3 is 10.2 Å². The first-order valence-corrected chi connectivity index (χ1v) is 8.67. The number of carbonyl (C=O) groups excluding carboxylic acids is 1. The lowest BCUT2D eigenvalue weighted by atomic mass is 10.1. The van der Waals surface area contributed by atoms with Crippen LogP contribution in [0.25, 0.3) is 16.9 Å². The number of benzene rings is 1. The quantitative estimate of drug-likeness (QED) is 0.768. The van der Waals surface area contributed by atoms with Gasteiger partial charge in [0.1, 0.15) is 11.5 Å². The number of amides is 1. The first-order chi connectivity index (χ1) is 12.5. The fourth-order valence-corrected chi connectivity index (χ4v) is 3.27. The molecule has 6 nitrogen and oxygen atoms in total. The maximum atomic E-state index is 13.1. The van der Waals surface area contributed by atoms with E-state index >= 15 is 0 Å². The monoisotopic (exact) mass is 353 g/mol. The van der Waals surface area contributed by atoms with Gasteiger partial charge in [0.05, 0.1) is 11.9 Å². The van der Waals surface area contributed by atoms with Crippen LogP contribution < -0.4 is 5.32 Å². The number of fused-ring (bicyclic) bond motifs is 1. The highest BCUT2D eigenvalue weighted by molar-refractivity contribution is 5.93. The average molecular weight is 353 g/mol. The molecular formula is C19H20FN5O. The summed E-state index contributed by atoms with van der Waals surface area (Å²) in [5.74, 6) is -0.362. The predicted molar refractivity (Wildman–Crippen MR) is 96.5 cm³/mol. The molecule has 3 aromatic rings. The van der Waals surface area contributed by atoms with Crippen LogP contribution in [-0.4, -0.2) is 51.1 Å². The van der Waals surface area contributed by atoms with Crippen molar-refractivity contribution in [3.63, 3.8) is 0 Å². The largest absolute Gasteiger partial charge is 0.334 e. The zero-order chi connectivity index (χ0) is 18.3. The first kappa shape index (κ1) is 16.7. The second-order valence-electron chi connectivity index (χ2n) is 6.72. The van der Waals surface area contributed by atoms with Gasteiger partial charge in [-0.15, -0.1) is 0 Å². The number of carbonyl (C=O) groups is 1. The first-order valence-electron chi connectivity index (χ1n) is 8.67. The highest BCUT2D eigenvalue weighted by atomic mass is 19.1. The van der Waals surface area contributed by atoms with Crippen LogP contribution >= 0.6 is 0 Å². The molecule has 1 N–H and O–H groups in total. The molecule has 0 radical (unpaired) electrons. The van der Waals surface area contributed by atoms with Crippen molar-refractivity contribution in [2.45, 2.75) is 19.9 Å². The molecule has 0 saturated carbocycles. The van der Waals surface area contributed by atoms with E-state index < -0.39 is 0 Å². The molecule has 1 amide bonds. The predicted octanol–water partition coefficient (Wildman–Crippen LogP) is 2.28. The molecule has 134 valence electrons. The number of nitrogens with one attached hydrogen (secondary N) is 1. The van der Waals surface area contributed by atoms with Crippen LogP contribution in [0.3, 0.4) is 0 Å². The van der Waals surface area contributed by atoms with Crippen LogP contribution in [0.5, 0.6) is 0 Å². The Bertz CT molecular complexity index is 966. The lowest BCUT2D eigenvalue weighted by Crippen LogP contribution is -2.51. The van der Waals surface area contributed by atoms with Crippen molar-refractivity contribution in [2.75, 3.05) is 19.6 Å². The van der Waals surface area contributed by atoms with Gasteiger partial charge in [-0.05, 0) is 49.7 Å². The van der Waals surface area contributed by atoms with Crippen LogP contribution in [0, 0.1) is 12.7 Å². The summed E-state index contributed by atoms with van der Waals surface area (Å²) >= 11 is 0. The number of rotatable bonds is 2. The molecule has 2 aromatic heterocycles. The molecule has 0 aliphatic carbocycles. The average Bonchev–Trinajstić information content (AvgIpc) is 3.06. The standard InChI is InChI=1S/C19H20FN5O/c1-12-9-16(14-3-5-15(20)6-4-14)23-25-11-17(22-18(12)25)19(26)24-8-7-21-13(2)10-24/h3-6,9,11,13,21H,7-8,10H2,1-2H3/t13-/m0/s1. The van der Waals surface area contributed by atoms with Gasteiger partial charge in [-0.3, -0.25) is 4.79 Å². The zero-order valence-electron chi connectivity index (χ0n) is 14.7. The number of imidazole rings is 1. The van der Waals surface area contributed by atoms with E-state index in [9.17, 15) is 9.18 Å². The SMILES string of the molecule is Cc1cc(-c2ccc(F)cc2)nn2cc(C(=O)N3CCN[C@@H](C)C3)nc12. The Labute approximate surface area is 150 Å². The van der Waals surface area contributed by atoms with E-state index in [0.717, 1.165) is 17.7 Å². The Morgan fingerprint density at radius 3 is 2.81 bits per heavy atom. The summed E-state index contributed by atoms with van der Waals surface area (Å²) in [7, 11) is 0. The van der Waals surface area contributed by atoms with E-state index in [1.807, 2.05) is 17.9 Å². The molecule has 1 aliphatic heterocycles. The third-order valence-electron chi connectivity index (χ3n) is 4.62. The smallest absolute Gasteiger partial charge is 0.274 e. The van der Waals surface area contributed by atoms with E-state index in [2.05, 4.69) is 22.3 Å². The number of aromatic nitrogens is 3. The molecule has 0 unspecified atom stereocenters. The fraction of sp³-hybridized carbons (Fsp3) is 0.316. The van der Waals surface area contributed by atoms with E-state index in [0.29, 0.717) is 30.1 Å². The Balaban J connectivity index is 1.69. The number of hydrogen-bond donors (Lipinski definition) is 1. The van der Waals surface area contributed by atoms with Crippen molar-refractivity contribution in [1.82, 2.24) is 24.8 Å². The topological polar surface area (TPSA) is 62.5 Å². The van der Waals surface area contributed by atoms with E-state index in [1.54, 1.807) is 22.8 Å². The maximum Gasteiger partial charge on any atom is 0.274 e. The summed E-state index contributed by atoms with van der Waals surface area (Å²) in [5, 5.41) is 7.87. The van der Waals surface area contributed by atoms with E-state index in [4.69, 9.17) is 0 Å². The van der Waals surface area contributed by atoms with Gasteiger partial charge in [0.15, 0.2) is 5.65 Å². The fourth-order valence-electron chi connectivity index (χ4n) is 3.27. The van der Waals surface area contributed by atoms with Crippen molar-refractivity contribution in [3.8, 4) is 11.3 Å². The summed E-state index contributed by atoms with van der Waals surface area (Å²) in [6.07, 6.45) is 1.67. The Morgan fingerprint density at radius 1 is 1.31 bits per heavy atom. The molecule has 0 spiro atoms. The molecule has 1 fully saturated rings. The molecule has 0 bridgehead atoms. The van der Waals surface area contributed by atoms with Crippen molar-refractivity contribution in [1.29, 1.82) is 0 Å². The van der Waals surface area contributed by atoms with Crippen LogP contribution in [-0.2, 0) is 0 Å². The highest BCUT2D eigenvalue weighted by Crippen LogP contribution is 2.21. The summed E-state index contributed by atoms with van der Waals surface area (Å²) in [6, 6.07) is 8.36. The Kier molecular flexibility index (Phi) is 4.16. The second-order valence-corrected chi connectivity index (χ2v) is 6.72. The summed E-state index contributed by atoms with van der Waals surface area (Å²) in [6.45, 7) is 6.11. The minimum Gasteiger partial charge on any atom is -0.334 e. The molecular weight excluding hydrogens is 333 g/mol. The van der Waals surface area contributed by atoms with Crippen molar-refractivity contribution < 1.29 is 9.18 Å². The summed E-state index contributed by atoms with van der Waals surface area (Å²) < 4.78 is 14.8. The molecule has 1 aromatic carbocycles. The van der Waals surface area contributed by atoms with Gasteiger partial charge in [0.2, 0.25) is 0 Å². The third kappa shape index (κ3) is 3.06. The van der Waals surface area contributed by atoms with Crippen LogP contribution in [0.1, 0.15) is 23.0 Å². The van der Waals surface area contributed by atoms with Gasteiger partial charge in [0.25, 0.3) is 5.91 Å². The zero-order valence-corrected chi connectivity index (χ0v) is 14.7. The Morgan fingerprint density at radius 2 is 2.08 bits per heavy atom. The summed E-state index contributed by atoms with van der Waals surface area (Å²) in [5.41, 5.74) is 3.48. The number of aryl methyl sites for hydroxylation is 1. The molecule has 1 atom stereocenters. The molecule has 26 heavy (non-hydrogen) atoms. The lowest BCUT2D eigenvalue weighted by Gasteiger charge is -2.31. The number of nitrogens with zero attached hydrogens (tertiary/aromatic N) is 4. The minimum atomic E-state index is -0.285. The molecule has 1 saturated heterocycles. The number of piperazine rings is 1. The van der Waals surface area contributed by atoms with E-state index in [1.165, 1.54) is 12.1 Å². The van der Waals surface area contributed by atoms with Gasteiger partial charge >= 0.3 is 0 Å². The molecule has 1 aliphatic rings. The maximum absolute atomic E-state index is 13.1. The second kappa shape index (κ2) is 6.49. The Hall–Kier alpha value is -2.80. The number of halogens is 1. The normalized spacial score (nSPS) is 17.7. The van der Waals surface area contributed by atoms with Crippen molar-refractivity contribution in [2.24, 2.45) is 0 Å². The van der Waals surface area contributed by atoms with Gasteiger partial charge in [-0.25, -0.2) is 13.9 Å². The van der Waals surface area contributed by atoms with E-state index in [-0.39, 0.29) is 17.8 Å². The highest BCUT2D eigenvalue weighted by Gasteiger charge is 2.24. The molecule has 7 heteroatoms. The van der Waals surface area contributed by atoms with Crippen LogP contribution in [0.15, 0.2) is 36.5 Å². The van der Waals surface area contributed by atoms with Crippen molar-refractivity contribution >= 4 is 11.6 Å². The molecule has 4 rings (SSSR count). The number of hydrogen-bond acceptors (Lipinski definition) is 4. The summed E-state index contributed by atoms with van der Waals surface area (Å²) in [4.78, 5) is 19.1. The van der Waals surface area contributed by atoms with Crippen LogP contribution in [0.2, 0.25) is 0 Å². The van der Waals surface area contributed by atoms with Gasteiger partial charge in [-0.1, -0.05) is 0 Å². The van der Waals surface area contributed by atoms with Gasteiger partial charge in [-0.2, -0.15) is 5.10 Å². The minimum absolute atomic E-state index is 0.0772.